The zero-order chi connectivity index (χ0) is 11.8. The van der Waals surface area contributed by atoms with E-state index in [1.807, 2.05) is 25.1 Å². The maximum Gasteiger partial charge on any atom is 0.408 e. The van der Waals surface area contributed by atoms with Crippen molar-refractivity contribution in [2.45, 2.75) is 25.7 Å². The Morgan fingerprint density at radius 2 is 2.29 bits per heavy atom. The summed E-state index contributed by atoms with van der Waals surface area (Å²) >= 11 is 0. The monoisotopic (exact) mass is 235 g/mol. The van der Waals surface area contributed by atoms with E-state index in [2.05, 4.69) is 5.32 Å². The Kier molecular flexibility index (Phi) is 2.40. The van der Waals surface area contributed by atoms with Crippen LogP contribution in [0.1, 0.15) is 24.2 Å². The van der Waals surface area contributed by atoms with Crippen molar-refractivity contribution in [2.24, 2.45) is 0 Å². The lowest BCUT2D eigenvalue weighted by Crippen LogP contribution is -2.24. The molecule has 0 radical (unpaired) electrons. The SMILES string of the molecule is CC1NC(=O)OC1c1ccc2c(c1)OCOC2. The van der Waals surface area contributed by atoms with Crippen LogP contribution in [0.25, 0.3) is 0 Å². The Hall–Kier alpha value is -1.75. The first-order valence-corrected chi connectivity index (χ1v) is 5.54. The molecule has 2 aliphatic rings. The third kappa shape index (κ3) is 1.82. The number of carbonyl (C=O) groups is 1. The van der Waals surface area contributed by atoms with Gasteiger partial charge in [-0.15, -0.1) is 0 Å². The number of fused-ring (bicyclic) bond motifs is 1. The molecule has 1 aromatic carbocycles. The molecule has 1 aromatic rings. The van der Waals surface area contributed by atoms with Crippen LogP contribution < -0.4 is 10.1 Å². The summed E-state index contributed by atoms with van der Waals surface area (Å²) in [4.78, 5) is 11.1. The van der Waals surface area contributed by atoms with Gasteiger partial charge in [0, 0.05) is 5.56 Å². The Balaban J connectivity index is 1.91. The van der Waals surface area contributed by atoms with E-state index in [1.165, 1.54) is 0 Å². The molecule has 1 fully saturated rings. The van der Waals surface area contributed by atoms with Crippen LogP contribution in [-0.2, 0) is 16.1 Å². The summed E-state index contributed by atoms with van der Waals surface area (Å²) in [5.41, 5.74) is 1.96. The molecule has 1 amide bonds. The van der Waals surface area contributed by atoms with E-state index in [9.17, 15) is 4.79 Å². The van der Waals surface area contributed by atoms with Gasteiger partial charge in [0.15, 0.2) is 6.79 Å². The molecule has 5 nitrogen and oxygen atoms in total. The summed E-state index contributed by atoms with van der Waals surface area (Å²) < 4.78 is 15.8. The Labute approximate surface area is 98.7 Å². The minimum absolute atomic E-state index is 0.0274. The van der Waals surface area contributed by atoms with Crippen LogP contribution in [0.5, 0.6) is 5.75 Å². The lowest BCUT2D eigenvalue weighted by Gasteiger charge is -2.20. The van der Waals surface area contributed by atoms with E-state index in [0.717, 1.165) is 16.9 Å². The van der Waals surface area contributed by atoms with Gasteiger partial charge >= 0.3 is 6.09 Å². The number of carbonyl (C=O) groups excluding carboxylic acids is 1. The number of alkyl carbamates (subject to hydrolysis) is 1. The summed E-state index contributed by atoms with van der Waals surface area (Å²) in [6.07, 6.45) is -0.622. The van der Waals surface area contributed by atoms with E-state index < -0.39 is 0 Å². The largest absolute Gasteiger partial charge is 0.467 e. The van der Waals surface area contributed by atoms with Crippen LogP contribution in [0.3, 0.4) is 0 Å². The van der Waals surface area contributed by atoms with Crippen molar-refractivity contribution in [3.63, 3.8) is 0 Å². The van der Waals surface area contributed by atoms with E-state index in [1.54, 1.807) is 0 Å². The maximum absolute atomic E-state index is 11.1. The summed E-state index contributed by atoms with van der Waals surface area (Å²) in [6.45, 7) is 2.75. The highest BCUT2D eigenvalue weighted by Crippen LogP contribution is 2.32. The highest BCUT2D eigenvalue weighted by atomic mass is 16.7. The molecule has 0 aromatic heterocycles. The van der Waals surface area contributed by atoms with Crippen molar-refractivity contribution in [3.8, 4) is 5.75 Å². The van der Waals surface area contributed by atoms with Gasteiger partial charge in [0.25, 0.3) is 0 Å². The summed E-state index contributed by atoms with van der Waals surface area (Å²) in [5, 5.41) is 2.72. The zero-order valence-corrected chi connectivity index (χ0v) is 9.43. The highest BCUT2D eigenvalue weighted by Gasteiger charge is 2.32. The van der Waals surface area contributed by atoms with Crippen molar-refractivity contribution in [2.75, 3.05) is 6.79 Å². The Bertz CT molecular complexity index is 460. The lowest BCUT2D eigenvalue weighted by atomic mass is 10.0. The predicted octanol–water partition coefficient (Wildman–Crippen LogP) is 1.72. The van der Waals surface area contributed by atoms with Crippen LogP contribution >= 0.6 is 0 Å². The third-order valence-electron chi connectivity index (χ3n) is 3.01. The van der Waals surface area contributed by atoms with Gasteiger partial charge < -0.3 is 19.5 Å². The standard InChI is InChI=1S/C12H13NO4/c1-7-11(17-12(14)13-7)8-2-3-9-5-15-6-16-10(9)4-8/h2-4,7,11H,5-6H2,1H3,(H,13,14). The average Bonchev–Trinajstić information content (AvgIpc) is 2.68. The first-order valence-electron chi connectivity index (χ1n) is 5.54. The molecule has 1 N–H and O–H groups in total. The second kappa shape index (κ2) is 3.92. The van der Waals surface area contributed by atoms with Crippen molar-refractivity contribution in [3.05, 3.63) is 29.3 Å². The topological polar surface area (TPSA) is 56.8 Å². The molecule has 2 heterocycles. The molecule has 2 aliphatic heterocycles. The number of cyclic esters (lactones) is 1. The molecule has 17 heavy (non-hydrogen) atoms. The molecule has 2 unspecified atom stereocenters. The maximum atomic E-state index is 11.1. The van der Waals surface area contributed by atoms with E-state index in [-0.39, 0.29) is 25.0 Å². The van der Waals surface area contributed by atoms with Crippen LogP contribution in [0.2, 0.25) is 0 Å². The number of hydrogen-bond acceptors (Lipinski definition) is 4. The quantitative estimate of drug-likeness (QED) is 0.805. The van der Waals surface area contributed by atoms with E-state index in [0.29, 0.717) is 6.61 Å². The number of rotatable bonds is 1. The van der Waals surface area contributed by atoms with Crippen molar-refractivity contribution >= 4 is 6.09 Å². The fourth-order valence-electron chi connectivity index (χ4n) is 2.13. The van der Waals surface area contributed by atoms with Gasteiger partial charge in [-0.05, 0) is 18.6 Å². The zero-order valence-electron chi connectivity index (χ0n) is 9.43. The number of ether oxygens (including phenoxy) is 3. The summed E-state index contributed by atoms with van der Waals surface area (Å²) in [6, 6.07) is 5.78. The molecule has 0 spiro atoms. The van der Waals surface area contributed by atoms with Gasteiger partial charge in [0.2, 0.25) is 0 Å². The first kappa shape index (κ1) is 10.4. The molecular weight excluding hydrogens is 222 g/mol. The van der Waals surface area contributed by atoms with Crippen molar-refractivity contribution in [1.82, 2.24) is 5.32 Å². The first-order chi connectivity index (χ1) is 8.24. The number of amides is 1. The lowest BCUT2D eigenvalue weighted by molar-refractivity contribution is -0.0165. The second-order valence-corrected chi connectivity index (χ2v) is 4.24. The minimum Gasteiger partial charge on any atom is -0.467 e. The van der Waals surface area contributed by atoms with Crippen molar-refractivity contribution in [1.29, 1.82) is 0 Å². The number of nitrogens with one attached hydrogen (secondary N) is 1. The average molecular weight is 235 g/mol. The van der Waals surface area contributed by atoms with Crippen LogP contribution in [0.4, 0.5) is 4.79 Å². The molecule has 1 saturated heterocycles. The van der Waals surface area contributed by atoms with Gasteiger partial charge in [-0.25, -0.2) is 4.79 Å². The molecule has 0 bridgehead atoms. The molecule has 0 aliphatic carbocycles. The molecule has 5 heteroatoms. The minimum atomic E-state index is -0.371. The van der Waals surface area contributed by atoms with Crippen LogP contribution in [-0.4, -0.2) is 18.9 Å². The van der Waals surface area contributed by atoms with Gasteiger partial charge in [-0.3, -0.25) is 0 Å². The molecule has 0 saturated carbocycles. The molecular formula is C12H13NO4. The van der Waals surface area contributed by atoms with E-state index in [4.69, 9.17) is 14.2 Å². The molecule has 2 atom stereocenters. The fraction of sp³-hybridized carbons (Fsp3) is 0.417. The molecule has 90 valence electrons. The second-order valence-electron chi connectivity index (χ2n) is 4.24. The Morgan fingerprint density at radius 1 is 1.41 bits per heavy atom. The van der Waals surface area contributed by atoms with Gasteiger partial charge in [-0.1, -0.05) is 12.1 Å². The van der Waals surface area contributed by atoms with Crippen molar-refractivity contribution < 1.29 is 19.0 Å². The summed E-state index contributed by atoms with van der Waals surface area (Å²) in [5.74, 6) is 0.809. The molecule has 3 rings (SSSR count). The summed E-state index contributed by atoms with van der Waals surface area (Å²) in [7, 11) is 0. The predicted molar refractivity (Wildman–Crippen MR) is 58.5 cm³/mol. The number of benzene rings is 1. The normalized spacial score (nSPS) is 26.8. The van der Waals surface area contributed by atoms with Gasteiger partial charge in [-0.2, -0.15) is 0 Å². The smallest absolute Gasteiger partial charge is 0.408 e. The fourth-order valence-corrected chi connectivity index (χ4v) is 2.13. The Morgan fingerprint density at radius 3 is 3.06 bits per heavy atom. The third-order valence-corrected chi connectivity index (χ3v) is 3.01. The van der Waals surface area contributed by atoms with E-state index >= 15 is 0 Å². The van der Waals surface area contributed by atoms with Gasteiger partial charge in [0.1, 0.15) is 11.9 Å². The van der Waals surface area contributed by atoms with Crippen LogP contribution in [0, 0.1) is 0 Å². The highest BCUT2D eigenvalue weighted by molar-refractivity contribution is 5.70. The number of hydrogen-bond donors (Lipinski definition) is 1. The van der Waals surface area contributed by atoms with Crippen LogP contribution in [0.15, 0.2) is 18.2 Å². The van der Waals surface area contributed by atoms with Gasteiger partial charge in [0.05, 0.1) is 12.6 Å².